The van der Waals surface area contributed by atoms with Crippen LogP contribution in [-0.2, 0) is 27.7 Å². The minimum Gasteiger partial charge on any atom is -0.477 e. The van der Waals surface area contributed by atoms with Crippen LogP contribution in [-0.4, -0.2) is 97.8 Å². The molecule has 2 aromatic heterocycles. The van der Waals surface area contributed by atoms with Crippen molar-refractivity contribution in [2.45, 2.75) is 38.1 Å². The molecule has 0 atom stereocenters. The van der Waals surface area contributed by atoms with Crippen molar-refractivity contribution in [3.05, 3.63) is 29.2 Å². The number of nitrogens with one attached hydrogen (secondary N) is 1. The Kier molecular flexibility index (Phi) is 9.59. The topological polar surface area (TPSA) is 162 Å². The molecule has 1 aliphatic heterocycles. The number of hydrogen-bond donors (Lipinski definition) is 2. The van der Waals surface area contributed by atoms with Crippen molar-refractivity contribution in [3.63, 3.8) is 0 Å². The molecule has 1 saturated heterocycles. The minimum atomic E-state index is -3.89. The number of carbonyl (C=O) groups excluding carboxylic acids is 2. The summed E-state index contributed by atoms with van der Waals surface area (Å²) < 4.78 is 40.2. The number of rotatable bonds is 12. The van der Waals surface area contributed by atoms with Gasteiger partial charge in [-0.05, 0) is 26.5 Å². The molecule has 0 unspecified atom stereocenters. The van der Waals surface area contributed by atoms with Crippen LogP contribution in [0.2, 0.25) is 0 Å². The molecule has 13 nitrogen and oxygen atoms in total. The van der Waals surface area contributed by atoms with E-state index in [2.05, 4.69) is 15.4 Å². The molecule has 0 bridgehead atoms. The Balaban J connectivity index is 2.02. The van der Waals surface area contributed by atoms with Gasteiger partial charge in [0.2, 0.25) is 15.9 Å². The third kappa shape index (κ3) is 6.44. The van der Waals surface area contributed by atoms with Crippen LogP contribution in [0.5, 0.6) is 5.88 Å². The van der Waals surface area contributed by atoms with Crippen molar-refractivity contribution in [3.8, 4) is 5.88 Å². The number of aromatic nitrogens is 3. The highest BCUT2D eigenvalue weighted by molar-refractivity contribution is 7.89. The van der Waals surface area contributed by atoms with E-state index in [1.807, 2.05) is 18.9 Å². The number of likely N-dealkylation sites (N-methyl/N-ethyl adjacent to an activating group) is 1. The summed E-state index contributed by atoms with van der Waals surface area (Å²) in [5.41, 5.74) is 6.16. The Morgan fingerprint density at radius 1 is 1.19 bits per heavy atom. The molecule has 3 rings (SSSR count). The number of ether oxygens (including phenoxy) is 2. The van der Waals surface area contributed by atoms with Crippen LogP contribution in [0.4, 0.5) is 5.69 Å². The maximum absolute atomic E-state index is 13.5. The summed E-state index contributed by atoms with van der Waals surface area (Å²) in [6.45, 7) is 6.44. The highest BCUT2D eigenvalue weighted by Crippen LogP contribution is 2.27. The van der Waals surface area contributed by atoms with Gasteiger partial charge < -0.3 is 25.4 Å². The van der Waals surface area contributed by atoms with E-state index < -0.39 is 21.8 Å². The lowest BCUT2D eigenvalue weighted by atomic mass is 10.1. The Bertz CT molecular complexity index is 1220. The highest BCUT2D eigenvalue weighted by Gasteiger charge is 2.30. The van der Waals surface area contributed by atoms with Crippen LogP contribution >= 0.6 is 0 Å². The number of amides is 2. The van der Waals surface area contributed by atoms with Crippen molar-refractivity contribution in [2.75, 3.05) is 58.9 Å². The number of methoxy groups -OCH3 is 1. The number of nitrogens with zero attached hydrogens (tertiary/aromatic N) is 5. The van der Waals surface area contributed by atoms with Gasteiger partial charge in [0.15, 0.2) is 5.69 Å². The van der Waals surface area contributed by atoms with Gasteiger partial charge in [0.1, 0.15) is 10.5 Å². The zero-order chi connectivity index (χ0) is 27.2. The number of piperazine rings is 1. The Labute approximate surface area is 217 Å². The largest absolute Gasteiger partial charge is 0.477 e. The van der Waals surface area contributed by atoms with Crippen molar-refractivity contribution < 1.29 is 27.5 Å². The fourth-order valence-corrected chi connectivity index (χ4v) is 5.40. The van der Waals surface area contributed by atoms with Crippen molar-refractivity contribution >= 4 is 27.5 Å². The SMILES string of the molecule is CCCc1c(NC(=O)c2cc(S(=O)(=O)N3CCN(C)CC3)cnc2OCC)c(C(N)=O)nn1CCOC. The van der Waals surface area contributed by atoms with Crippen molar-refractivity contribution in [1.29, 1.82) is 0 Å². The highest BCUT2D eigenvalue weighted by atomic mass is 32.2. The van der Waals surface area contributed by atoms with Gasteiger partial charge in [-0.2, -0.15) is 9.40 Å². The molecule has 14 heteroatoms. The standard InChI is InChI=1S/C23H35N7O6S/c1-5-7-18-19(20(21(24)31)27-30(18)12-13-35-4)26-22(32)17-14-16(15-25-23(17)36-6-2)37(33,34)29-10-8-28(3)9-11-29/h14-15H,5-13H2,1-4H3,(H2,24,31)(H,26,32). The van der Waals surface area contributed by atoms with Crippen LogP contribution in [0.25, 0.3) is 0 Å². The normalized spacial score (nSPS) is 15.0. The Morgan fingerprint density at radius 2 is 1.89 bits per heavy atom. The molecule has 204 valence electrons. The fraction of sp³-hybridized carbons (Fsp3) is 0.565. The third-order valence-corrected chi connectivity index (χ3v) is 7.84. The van der Waals surface area contributed by atoms with Gasteiger partial charge >= 0.3 is 0 Å². The summed E-state index contributed by atoms with van der Waals surface area (Å²) in [6, 6.07) is 1.25. The molecule has 3 heterocycles. The van der Waals surface area contributed by atoms with Crippen LogP contribution in [0, 0.1) is 0 Å². The second-order valence-corrected chi connectivity index (χ2v) is 10.6. The number of hydrogen-bond acceptors (Lipinski definition) is 9. The van der Waals surface area contributed by atoms with Crippen LogP contribution in [0.1, 0.15) is 46.8 Å². The van der Waals surface area contributed by atoms with E-state index in [0.717, 1.165) is 0 Å². The van der Waals surface area contributed by atoms with E-state index in [4.69, 9.17) is 15.2 Å². The fourth-order valence-electron chi connectivity index (χ4n) is 4.00. The number of anilines is 1. The first-order chi connectivity index (χ1) is 17.6. The van der Waals surface area contributed by atoms with Gasteiger partial charge in [0.25, 0.3) is 11.8 Å². The average Bonchev–Trinajstić information content (AvgIpc) is 3.20. The van der Waals surface area contributed by atoms with E-state index in [1.165, 1.54) is 16.6 Å². The van der Waals surface area contributed by atoms with Gasteiger partial charge in [-0.15, -0.1) is 0 Å². The lowest BCUT2D eigenvalue weighted by Gasteiger charge is -2.31. The maximum atomic E-state index is 13.5. The Hall–Kier alpha value is -3.07. The van der Waals surface area contributed by atoms with Crippen LogP contribution < -0.4 is 15.8 Å². The quantitative estimate of drug-likeness (QED) is 0.394. The number of primary amides is 1. The van der Waals surface area contributed by atoms with E-state index in [9.17, 15) is 18.0 Å². The monoisotopic (exact) mass is 537 g/mol. The van der Waals surface area contributed by atoms with E-state index in [1.54, 1.807) is 18.7 Å². The first kappa shape index (κ1) is 28.5. The number of carbonyl (C=O) groups is 2. The van der Waals surface area contributed by atoms with Gasteiger partial charge in [0.05, 0.1) is 37.3 Å². The predicted octanol–water partition coefficient (Wildman–Crippen LogP) is 0.563. The predicted molar refractivity (Wildman–Crippen MR) is 136 cm³/mol. The zero-order valence-corrected chi connectivity index (χ0v) is 22.5. The number of sulfonamides is 1. The van der Waals surface area contributed by atoms with E-state index in [0.29, 0.717) is 57.9 Å². The number of pyridine rings is 1. The van der Waals surface area contributed by atoms with Crippen molar-refractivity contribution in [1.82, 2.24) is 24.0 Å². The van der Waals surface area contributed by atoms with E-state index in [-0.39, 0.29) is 34.3 Å². The first-order valence-corrected chi connectivity index (χ1v) is 13.6. The molecular formula is C23H35N7O6S. The summed E-state index contributed by atoms with van der Waals surface area (Å²) in [5, 5.41) is 7.01. The molecule has 1 fully saturated rings. The van der Waals surface area contributed by atoms with Crippen LogP contribution in [0.3, 0.4) is 0 Å². The first-order valence-electron chi connectivity index (χ1n) is 12.1. The molecule has 2 aromatic rings. The lowest BCUT2D eigenvalue weighted by Crippen LogP contribution is -2.47. The smallest absolute Gasteiger partial charge is 0.271 e. The zero-order valence-electron chi connectivity index (χ0n) is 21.7. The Morgan fingerprint density at radius 3 is 2.49 bits per heavy atom. The van der Waals surface area contributed by atoms with Gasteiger partial charge in [-0.3, -0.25) is 14.3 Å². The third-order valence-electron chi connectivity index (χ3n) is 5.98. The number of nitrogens with two attached hydrogens (primary N) is 1. The summed E-state index contributed by atoms with van der Waals surface area (Å²) in [6.07, 6.45) is 2.41. The second-order valence-electron chi connectivity index (χ2n) is 8.62. The molecule has 0 aromatic carbocycles. The molecule has 0 aliphatic carbocycles. The molecule has 1 aliphatic rings. The average molecular weight is 538 g/mol. The molecular weight excluding hydrogens is 502 g/mol. The van der Waals surface area contributed by atoms with Gasteiger partial charge in [-0.1, -0.05) is 13.3 Å². The van der Waals surface area contributed by atoms with Crippen molar-refractivity contribution in [2.24, 2.45) is 5.73 Å². The summed E-state index contributed by atoms with van der Waals surface area (Å²) in [5.74, 6) is -1.53. The second kappa shape index (κ2) is 12.4. The maximum Gasteiger partial charge on any atom is 0.271 e. The van der Waals surface area contributed by atoms with E-state index >= 15 is 0 Å². The van der Waals surface area contributed by atoms with Gasteiger partial charge in [-0.25, -0.2) is 13.4 Å². The summed E-state index contributed by atoms with van der Waals surface area (Å²) in [7, 11) is -0.413. The molecule has 2 amide bonds. The minimum absolute atomic E-state index is 0.0261. The molecule has 37 heavy (non-hydrogen) atoms. The molecule has 0 radical (unpaired) electrons. The molecule has 3 N–H and O–H groups in total. The van der Waals surface area contributed by atoms with Gasteiger partial charge in [0, 0.05) is 33.3 Å². The molecule has 0 saturated carbocycles. The lowest BCUT2D eigenvalue weighted by molar-refractivity contribution is 0.0994. The molecule has 0 spiro atoms. The van der Waals surface area contributed by atoms with Crippen LogP contribution in [0.15, 0.2) is 17.2 Å². The summed E-state index contributed by atoms with van der Waals surface area (Å²) in [4.78, 5) is 31.7. The summed E-state index contributed by atoms with van der Waals surface area (Å²) >= 11 is 0.